The van der Waals surface area contributed by atoms with E-state index >= 15 is 4.79 Å². The number of fused-ring (bicyclic) bond motifs is 4. The van der Waals surface area contributed by atoms with Crippen LogP contribution < -0.4 is 15.1 Å². The van der Waals surface area contributed by atoms with Crippen molar-refractivity contribution >= 4 is 52.4 Å². The molecule has 0 aromatic heterocycles. The number of halogens is 2. The van der Waals surface area contributed by atoms with E-state index in [-0.39, 0.29) is 30.1 Å². The van der Waals surface area contributed by atoms with E-state index in [1.54, 1.807) is 66.7 Å². The molecule has 0 spiro atoms. The van der Waals surface area contributed by atoms with Gasteiger partial charge >= 0.3 is 0 Å². The first kappa shape index (κ1) is 34.3. The van der Waals surface area contributed by atoms with Gasteiger partial charge in [0.1, 0.15) is 5.82 Å². The maximum Gasteiger partial charge on any atom is 0.260 e. The molecular formula is C41H33ClFN3O7. The lowest BCUT2D eigenvalue weighted by Crippen LogP contribution is -2.53. The van der Waals surface area contributed by atoms with E-state index < -0.39 is 64.5 Å². The average molecular weight is 734 g/mol. The van der Waals surface area contributed by atoms with E-state index in [0.717, 1.165) is 9.91 Å². The number of nitrogens with one attached hydrogen (secondary N) is 1. The van der Waals surface area contributed by atoms with Gasteiger partial charge in [-0.25, -0.2) is 4.39 Å². The van der Waals surface area contributed by atoms with Crippen LogP contribution in [0.25, 0.3) is 0 Å². The van der Waals surface area contributed by atoms with Crippen LogP contribution in [0.5, 0.6) is 11.5 Å². The zero-order valence-electron chi connectivity index (χ0n) is 28.6. The molecule has 4 amide bonds. The third-order valence-corrected chi connectivity index (χ3v) is 11.6. The second-order valence-electron chi connectivity index (χ2n) is 13.9. The second kappa shape index (κ2) is 12.7. The molecule has 4 aromatic rings. The highest BCUT2D eigenvalue weighted by molar-refractivity contribution is 6.30. The molecule has 0 unspecified atom stereocenters. The van der Waals surface area contributed by atoms with E-state index in [1.807, 2.05) is 6.08 Å². The maximum atomic E-state index is 15.3. The van der Waals surface area contributed by atoms with Crippen LogP contribution in [-0.2, 0) is 24.6 Å². The number of Topliss-reactive ketones (excluding diaryl/α,β-unsaturated/α-hetero) is 1. The molecule has 0 radical (unpaired) electrons. The standard InChI is InChI=1S/C41H33ClFN3O7/c1-21(47)22-6-16-27(17-7-22)45-37(49)29-19-18-28-31(34(29)39(45)51)20-32-38(50)46(44-26-14-12-25(43)13-15-26)40(52)41(32,23-8-10-24(42)11-9-23)35(28)30-4-3-5-33(53-2)36(30)48/h3-18,29,31-32,34-35,44,48H,19-20H2,1-2H3/t29-,31+,32-,34-,35+,41+/m0/s1. The van der Waals surface area contributed by atoms with Gasteiger partial charge in [-0.15, -0.1) is 0 Å². The van der Waals surface area contributed by atoms with Crippen molar-refractivity contribution in [2.75, 3.05) is 17.4 Å². The number of nitrogens with zero attached hydrogens (tertiary/aromatic N) is 2. The molecule has 12 heteroatoms. The number of allylic oxidation sites excluding steroid dienone is 2. The number of anilines is 2. The molecule has 8 rings (SSSR count). The number of ketones is 1. The predicted molar refractivity (Wildman–Crippen MR) is 193 cm³/mol. The number of methoxy groups -OCH3 is 1. The van der Waals surface area contributed by atoms with Crippen LogP contribution in [0.1, 0.15) is 47.2 Å². The summed E-state index contributed by atoms with van der Waals surface area (Å²) in [6, 6.07) is 23.1. The third kappa shape index (κ3) is 5.08. The van der Waals surface area contributed by atoms with Crippen molar-refractivity contribution in [3.05, 3.63) is 130 Å². The van der Waals surface area contributed by atoms with Crippen LogP contribution in [0.4, 0.5) is 15.8 Å². The van der Waals surface area contributed by atoms with Crippen molar-refractivity contribution in [2.24, 2.45) is 23.7 Å². The van der Waals surface area contributed by atoms with E-state index in [4.69, 9.17) is 16.3 Å². The molecule has 4 aliphatic rings. The van der Waals surface area contributed by atoms with E-state index in [2.05, 4.69) is 5.43 Å². The molecule has 10 nitrogen and oxygen atoms in total. The molecule has 0 bridgehead atoms. The van der Waals surface area contributed by atoms with Gasteiger partial charge in [0.2, 0.25) is 11.8 Å². The Bertz CT molecular complexity index is 2240. The number of imide groups is 2. The van der Waals surface area contributed by atoms with Gasteiger partial charge in [0.15, 0.2) is 17.3 Å². The smallest absolute Gasteiger partial charge is 0.260 e. The van der Waals surface area contributed by atoms with Crippen molar-refractivity contribution in [2.45, 2.75) is 31.1 Å². The molecule has 268 valence electrons. The normalized spacial score (nSPS) is 26.2. The Morgan fingerprint density at radius 2 is 1.60 bits per heavy atom. The minimum absolute atomic E-state index is 0.0269. The first-order valence-electron chi connectivity index (χ1n) is 17.2. The van der Waals surface area contributed by atoms with Gasteiger partial charge in [-0.05, 0) is 98.0 Å². The first-order chi connectivity index (χ1) is 25.5. The predicted octanol–water partition coefficient (Wildman–Crippen LogP) is 6.59. The summed E-state index contributed by atoms with van der Waals surface area (Å²) in [5.41, 5.74) is 3.70. The number of para-hydroxylation sites is 1. The minimum Gasteiger partial charge on any atom is -0.504 e. The van der Waals surface area contributed by atoms with Crippen molar-refractivity contribution in [1.82, 2.24) is 5.01 Å². The number of rotatable bonds is 7. The number of carbonyl (C=O) groups is 5. The van der Waals surface area contributed by atoms with E-state index in [9.17, 15) is 28.7 Å². The summed E-state index contributed by atoms with van der Waals surface area (Å²) in [5.74, 6) is -7.20. The fourth-order valence-electron chi connectivity index (χ4n) is 9.04. The summed E-state index contributed by atoms with van der Waals surface area (Å²) in [6.45, 7) is 1.43. The number of hydrazine groups is 1. The number of hydrogen-bond acceptors (Lipinski definition) is 8. The molecule has 2 aliphatic heterocycles. The molecule has 2 aliphatic carbocycles. The lowest BCUT2D eigenvalue weighted by molar-refractivity contribution is -0.138. The van der Waals surface area contributed by atoms with Crippen molar-refractivity contribution in [3.8, 4) is 11.5 Å². The zero-order chi connectivity index (χ0) is 37.3. The number of ether oxygens (including phenoxy) is 1. The highest BCUT2D eigenvalue weighted by atomic mass is 35.5. The number of carbonyl (C=O) groups excluding carboxylic acids is 5. The Hall–Kier alpha value is -5.81. The quantitative estimate of drug-likeness (QED) is 0.124. The lowest BCUT2D eigenvalue weighted by atomic mass is 9.49. The number of hydrogen-bond donors (Lipinski definition) is 2. The number of aromatic hydroxyl groups is 1. The number of benzene rings is 4. The highest BCUT2D eigenvalue weighted by Gasteiger charge is 2.70. The highest BCUT2D eigenvalue weighted by Crippen LogP contribution is 2.65. The van der Waals surface area contributed by atoms with Gasteiger partial charge in [-0.3, -0.25) is 34.3 Å². The molecule has 3 fully saturated rings. The Morgan fingerprint density at radius 3 is 2.26 bits per heavy atom. The number of phenols is 1. The van der Waals surface area contributed by atoms with Crippen molar-refractivity contribution in [3.63, 3.8) is 0 Å². The zero-order valence-corrected chi connectivity index (χ0v) is 29.3. The van der Waals surface area contributed by atoms with Crippen LogP contribution >= 0.6 is 11.6 Å². The number of phenolic OH excluding ortho intramolecular Hbond substituents is 1. The summed E-state index contributed by atoms with van der Waals surface area (Å²) in [5, 5.41) is 13.1. The Balaban J connectivity index is 1.32. The van der Waals surface area contributed by atoms with Crippen LogP contribution in [0.2, 0.25) is 5.02 Å². The van der Waals surface area contributed by atoms with E-state index in [0.29, 0.717) is 38.7 Å². The van der Waals surface area contributed by atoms with Gasteiger partial charge < -0.3 is 9.84 Å². The van der Waals surface area contributed by atoms with Crippen molar-refractivity contribution in [1.29, 1.82) is 0 Å². The maximum absolute atomic E-state index is 15.3. The molecule has 6 atom stereocenters. The first-order valence-corrected chi connectivity index (χ1v) is 17.6. The van der Waals surface area contributed by atoms with Crippen molar-refractivity contribution < 1.29 is 38.2 Å². The summed E-state index contributed by atoms with van der Waals surface area (Å²) >= 11 is 6.35. The molecule has 53 heavy (non-hydrogen) atoms. The Kier molecular flexibility index (Phi) is 8.21. The van der Waals surface area contributed by atoms with Gasteiger partial charge in [0.25, 0.3) is 11.8 Å². The second-order valence-corrected chi connectivity index (χ2v) is 14.3. The topological polar surface area (TPSA) is 133 Å². The summed E-state index contributed by atoms with van der Waals surface area (Å²) in [7, 11) is 1.41. The molecule has 4 aromatic carbocycles. The van der Waals surface area contributed by atoms with Crippen LogP contribution in [0, 0.1) is 29.5 Å². The molecular weight excluding hydrogens is 701 g/mol. The minimum atomic E-state index is -1.67. The van der Waals surface area contributed by atoms with Gasteiger partial charge in [0.05, 0.1) is 41.7 Å². The van der Waals surface area contributed by atoms with Crippen LogP contribution in [0.15, 0.2) is 103 Å². The summed E-state index contributed by atoms with van der Waals surface area (Å²) in [4.78, 5) is 71.7. The SMILES string of the molecule is COc1cccc([C@H]2C3=CC[C@@H]4C(=O)N(c5ccc(C(C)=O)cc5)C(=O)[C@@H]4[C@@H]3C[C@H]3C(=O)N(Nc4ccc(F)cc4)C(=O)[C@@]23c2ccc(Cl)cc2)c1O. The third-order valence-electron chi connectivity index (χ3n) is 11.3. The molecule has 2 saturated heterocycles. The lowest BCUT2D eigenvalue weighted by Gasteiger charge is -2.50. The molecule has 2 heterocycles. The molecule has 1 saturated carbocycles. The number of amides is 4. The van der Waals surface area contributed by atoms with E-state index in [1.165, 1.54) is 38.3 Å². The van der Waals surface area contributed by atoms with Gasteiger partial charge in [-0.1, -0.05) is 47.5 Å². The molecule has 2 N–H and O–H groups in total. The van der Waals surface area contributed by atoms with Crippen LogP contribution in [-0.4, -0.2) is 46.6 Å². The Morgan fingerprint density at radius 1 is 0.906 bits per heavy atom. The van der Waals surface area contributed by atoms with Gasteiger partial charge in [0, 0.05) is 22.1 Å². The largest absolute Gasteiger partial charge is 0.504 e. The monoisotopic (exact) mass is 733 g/mol. The van der Waals surface area contributed by atoms with Crippen LogP contribution in [0.3, 0.4) is 0 Å². The Labute approximate surface area is 308 Å². The van der Waals surface area contributed by atoms with Gasteiger partial charge in [-0.2, -0.15) is 5.01 Å². The average Bonchev–Trinajstić information content (AvgIpc) is 3.53. The summed E-state index contributed by atoms with van der Waals surface area (Å²) < 4.78 is 19.4. The summed E-state index contributed by atoms with van der Waals surface area (Å²) in [6.07, 6.45) is 2.08. The fraction of sp³-hybridized carbons (Fsp3) is 0.244. The fourth-order valence-corrected chi connectivity index (χ4v) is 9.16.